The van der Waals surface area contributed by atoms with E-state index >= 15 is 0 Å². The lowest BCUT2D eigenvalue weighted by molar-refractivity contribution is -0.795. The van der Waals surface area contributed by atoms with E-state index in [1.54, 1.807) is 37.7 Å². The highest BCUT2D eigenvalue weighted by Gasteiger charge is 2.59. The quantitative estimate of drug-likeness (QED) is 0.113. The molecular weight excluding hydrogens is 598 g/mol. The molecular formula is C35H40N7O5+. The van der Waals surface area contributed by atoms with Crippen LogP contribution < -0.4 is 9.47 Å². The van der Waals surface area contributed by atoms with Gasteiger partial charge >= 0.3 is 12.0 Å². The van der Waals surface area contributed by atoms with Crippen molar-refractivity contribution < 1.29 is 28.7 Å². The second kappa shape index (κ2) is 13.7. The lowest BCUT2D eigenvalue weighted by Gasteiger charge is -2.33. The van der Waals surface area contributed by atoms with Gasteiger partial charge in [0.1, 0.15) is 24.1 Å². The molecule has 0 saturated carbocycles. The second-order valence-corrected chi connectivity index (χ2v) is 12.2. The molecule has 0 radical (unpaired) electrons. The first-order valence-corrected chi connectivity index (χ1v) is 16.1. The van der Waals surface area contributed by atoms with E-state index in [0.717, 1.165) is 47.9 Å². The van der Waals surface area contributed by atoms with Crippen LogP contribution in [0.5, 0.6) is 11.5 Å². The summed E-state index contributed by atoms with van der Waals surface area (Å²) < 4.78 is 12.6. The van der Waals surface area contributed by atoms with Crippen molar-refractivity contribution in [2.45, 2.75) is 70.6 Å². The van der Waals surface area contributed by atoms with E-state index in [1.165, 1.54) is 0 Å². The number of likely N-dealkylation sites (tertiary alicyclic amines) is 1. The molecule has 3 aromatic carbocycles. The summed E-state index contributed by atoms with van der Waals surface area (Å²) in [5.41, 5.74) is 4.12. The number of hydrogen-bond acceptors (Lipinski definition) is 8. The van der Waals surface area contributed by atoms with Gasteiger partial charge in [0.05, 0.1) is 24.5 Å². The van der Waals surface area contributed by atoms with Crippen LogP contribution >= 0.6 is 0 Å². The maximum Gasteiger partial charge on any atom is 0.521 e. The number of amides is 2. The number of aromatic nitrogens is 6. The van der Waals surface area contributed by atoms with E-state index in [0.29, 0.717) is 35.7 Å². The van der Waals surface area contributed by atoms with E-state index in [-0.39, 0.29) is 12.5 Å². The standard InChI is InChI=1S/C35H39N7O5/c1-4-5-6-7-12-32(34(43)42(35(44)45)21-27(19-23(42)2)47-26-16-14-25(46-3)15-17-26)41-22-36-30-20-24(13-18-31(30)41)28-10-8-9-11-29(28)33-37-39-40-38-33/h8-11,13-18,20,22-23,27,32H,4-7,12,19,21H2,1-3H3,(H-,37,38,39,40,44,45)/p+1/t23-,27-,32?,42-/m1/s1. The van der Waals surface area contributed by atoms with Crippen molar-refractivity contribution in [3.8, 4) is 34.0 Å². The number of methoxy groups -OCH3 is 1. The number of hydrogen-bond donors (Lipinski definition) is 2. The molecule has 1 aliphatic rings. The van der Waals surface area contributed by atoms with Gasteiger partial charge < -0.3 is 19.1 Å². The van der Waals surface area contributed by atoms with Crippen LogP contribution in [-0.4, -0.2) is 77.6 Å². The van der Waals surface area contributed by atoms with E-state index in [1.807, 2.05) is 54.0 Å². The van der Waals surface area contributed by atoms with Crippen LogP contribution in [0.1, 0.15) is 58.4 Å². The van der Waals surface area contributed by atoms with Gasteiger partial charge in [-0.15, -0.1) is 10.2 Å². The number of H-pyrrole nitrogens is 1. The number of rotatable bonds is 12. The zero-order chi connectivity index (χ0) is 33.0. The summed E-state index contributed by atoms with van der Waals surface area (Å²) >= 11 is 0. The normalized spacial score (nSPS) is 19.9. The van der Waals surface area contributed by atoms with Crippen LogP contribution in [-0.2, 0) is 4.79 Å². The Labute approximate surface area is 272 Å². The monoisotopic (exact) mass is 638 g/mol. The van der Waals surface area contributed by atoms with Crippen molar-refractivity contribution in [3.05, 3.63) is 73.1 Å². The lowest BCUT2D eigenvalue weighted by Crippen LogP contribution is -2.61. The van der Waals surface area contributed by atoms with Crippen molar-refractivity contribution >= 4 is 23.0 Å². The molecule has 12 heteroatoms. The van der Waals surface area contributed by atoms with E-state index in [9.17, 15) is 14.7 Å². The first kappa shape index (κ1) is 31.9. The van der Waals surface area contributed by atoms with E-state index in [2.05, 4.69) is 27.5 Å². The minimum atomic E-state index is -1.16. The number of aromatic amines is 1. The largest absolute Gasteiger partial charge is 0.521 e. The summed E-state index contributed by atoms with van der Waals surface area (Å²) in [6, 6.07) is 19.7. The molecule has 0 bridgehead atoms. The number of nitrogens with one attached hydrogen (secondary N) is 1. The number of imidazole rings is 1. The van der Waals surface area contributed by atoms with Crippen molar-refractivity contribution in [1.29, 1.82) is 0 Å². The van der Waals surface area contributed by atoms with Crippen LogP contribution in [0.15, 0.2) is 73.1 Å². The number of carboxylic acid groups (broad SMARTS) is 1. The Kier molecular flexibility index (Phi) is 9.30. The van der Waals surface area contributed by atoms with Crippen LogP contribution in [0.2, 0.25) is 0 Å². The minimum absolute atomic E-state index is 0.0382. The fourth-order valence-electron chi connectivity index (χ4n) is 6.80. The average molecular weight is 639 g/mol. The van der Waals surface area contributed by atoms with Crippen molar-refractivity contribution in [3.63, 3.8) is 0 Å². The number of carbonyl (C=O) groups is 2. The summed E-state index contributed by atoms with van der Waals surface area (Å²) in [7, 11) is 1.59. The zero-order valence-corrected chi connectivity index (χ0v) is 26.9. The van der Waals surface area contributed by atoms with Crippen molar-refractivity contribution in [2.75, 3.05) is 13.7 Å². The number of imide groups is 1. The van der Waals surface area contributed by atoms with Crippen LogP contribution in [0.4, 0.5) is 4.79 Å². The third-order valence-electron chi connectivity index (χ3n) is 9.30. The van der Waals surface area contributed by atoms with Crippen LogP contribution in [0.25, 0.3) is 33.5 Å². The number of fused-ring (bicyclic) bond motifs is 1. The van der Waals surface area contributed by atoms with Crippen LogP contribution in [0, 0.1) is 0 Å². The molecule has 4 atom stereocenters. The topological polar surface area (TPSA) is 145 Å². The zero-order valence-electron chi connectivity index (χ0n) is 26.9. The fourth-order valence-corrected chi connectivity index (χ4v) is 6.80. The fraction of sp³-hybridized carbons (Fsp3) is 0.371. The molecule has 1 saturated heterocycles. The molecule has 6 rings (SSSR count). The lowest BCUT2D eigenvalue weighted by atomic mass is 9.98. The predicted octanol–water partition coefficient (Wildman–Crippen LogP) is 6.66. The number of nitrogens with zero attached hydrogens (tertiary/aromatic N) is 6. The molecule has 1 unspecified atom stereocenters. The number of unbranched alkanes of at least 4 members (excludes halogenated alkanes) is 3. The second-order valence-electron chi connectivity index (χ2n) is 12.2. The number of ether oxygens (including phenoxy) is 2. The third-order valence-corrected chi connectivity index (χ3v) is 9.30. The number of benzene rings is 3. The van der Waals surface area contributed by atoms with Crippen molar-refractivity contribution in [1.82, 2.24) is 30.2 Å². The Morgan fingerprint density at radius 3 is 2.51 bits per heavy atom. The molecule has 1 aliphatic heterocycles. The molecule has 2 amide bonds. The SMILES string of the molecule is CCCCCCC(C(=O)[N@@+]1(C(=O)O)C[C@H](Oc2ccc(OC)cc2)C[C@H]1C)n1cnc2cc(-c3ccccc3-c3nn[nH]n3)ccc21. The predicted molar refractivity (Wildman–Crippen MR) is 176 cm³/mol. The van der Waals surface area contributed by atoms with E-state index < -0.39 is 28.8 Å². The first-order chi connectivity index (χ1) is 22.8. The number of carbonyl (C=O) groups excluding carboxylic acids is 1. The average Bonchev–Trinajstić information content (AvgIpc) is 3.84. The Bertz CT molecular complexity index is 1840. The summed E-state index contributed by atoms with van der Waals surface area (Å²) in [6.45, 7) is 4.01. The molecule has 3 heterocycles. The van der Waals surface area contributed by atoms with Gasteiger partial charge in [0, 0.05) is 12.0 Å². The van der Waals surface area contributed by atoms with Gasteiger partial charge in [-0.2, -0.15) is 14.5 Å². The highest BCUT2D eigenvalue weighted by atomic mass is 16.5. The Hall–Kier alpha value is -5.10. The summed E-state index contributed by atoms with van der Waals surface area (Å²) in [5.74, 6) is 1.44. The smallest absolute Gasteiger partial charge is 0.497 e. The number of quaternary nitrogens is 1. The van der Waals surface area contributed by atoms with Crippen molar-refractivity contribution in [2.24, 2.45) is 0 Å². The summed E-state index contributed by atoms with van der Waals surface area (Å²) in [5, 5.41) is 25.3. The van der Waals surface area contributed by atoms with Gasteiger partial charge in [-0.25, -0.2) is 9.78 Å². The summed E-state index contributed by atoms with van der Waals surface area (Å²) in [6.07, 6.45) is 4.85. The molecule has 0 spiro atoms. The van der Waals surface area contributed by atoms with Gasteiger partial charge in [-0.05, 0) is 66.1 Å². The number of tetrazole rings is 1. The molecule has 2 aromatic heterocycles. The third kappa shape index (κ3) is 6.20. The molecule has 1 fully saturated rings. The van der Waals surface area contributed by atoms with Gasteiger partial charge in [0.25, 0.3) is 0 Å². The maximum atomic E-state index is 14.7. The Balaban J connectivity index is 1.33. The van der Waals surface area contributed by atoms with Crippen LogP contribution in [0.3, 0.4) is 0 Å². The molecule has 0 aliphatic carbocycles. The highest BCUT2D eigenvalue weighted by Crippen LogP contribution is 2.37. The molecule has 5 aromatic rings. The minimum Gasteiger partial charge on any atom is -0.497 e. The van der Waals surface area contributed by atoms with Gasteiger partial charge in [-0.3, -0.25) is 0 Å². The van der Waals surface area contributed by atoms with E-state index in [4.69, 9.17) is 14.5 Å². The first-order valence-electron chi connectivity index (χ1n) is 16.1. The molecule has 47 heavy (non-hydrogen) atoms. The maximum absolute atomic E-state index is 14.7. The molecule has 244 valence electrons. The van der Waals surface area contributed by atoms with Gasteiger partial charge in [-0.1, -0.05) is 62.9 Å². The highest BCUT2D eigenvalue weighted by molar-refractivity contribution is 5.89. The molecule has 12 nitrogen and oxygen atoms in total. The van der Waals surface area contributed by atoms with Gasteiger partial charge in [0.2, 0.25) is 5.82 Å². The Morgan fingerprint density at radius 2 is 1.81 bits per heavy atom. The summed E-state index contributed by atoms with van der Waals surface area (Å²) in [4.78, 5) is 32.6. The molecule has 2 N–H and O–H groups in total. The van der Waals surface area contributed by atoms with Gasteiger partial charge in [0.15, 0.2) is 12.1 Å². The Morgan fingerprint density at radius 1 is 1.04 bits per heavy atom.